The second-order valence-corrected chi connectivity index (χ2v) is 4.54. The molecule has 0 aliphatic carbocycles. The molecule has 0 aliphatic heterocycles. The average molecular weight is 274 g/mol. The van der Waals surface area contributed by atoms with Gasteiger partial charge in [0.15, 0.2) is 0 Å². The number of hydrogen-bond donors (Lipinski definition) is 0. The zero-order valence-electron chi connectivity index (χ0n) is 8.43. The fourth-order valence-electron chi connectivity index (χ4n) is 0.991. The second kappa shape index (κ2) is 5.44. The number of rotatable bonds is 2. The SMILES string of the molecule is Cc1cc([N+](=O)[O-])c(S(=O)(=O)[O-])cc1Cl.[Na+]. The van der Waals surface area contributed by atoms with Gasteiger partial charge in [-0.2, -0.15) is 0 Å². The van der Waals surface area contributed by atoms with E-state index in [0.29, 0.717) is 5.56 Å². The van der Waals surface area contributed by atoms with E-state index in [1.807, 2.05) is 0 Å². The zero-order chi connectivity index (χ0) is 11.8. The number of halogens is 1. The van der Waals surface area contributed by atoms with Crippen molar-refractivity contribution in [3.8, 4) is 0 Å². The van der Waals surface area contributed by atoms with E-state index in [0.717, 1.165) is 12.1 Å². The van der Waals surface area contributed by atoms with E-state index in [2.05, 4.69) is 0 Å². The molecule has 9 heteroatoms. The van der Waals surface area contributed by atoms with Crippen LogP contribution in [0.4, 0.5) is 5.69 Å². The summed E-state index contributed by atoms with van der Waals surface area (Å²) in [7, 11) is -4.89. The van der Waals surface area contributed by atoms with E-state index < -0.39 is 25.6 Å². The van der Waals surface area contributed by atoms with Crippen LogP contribution in [0.1, 0.15) is 5.56 Å². The van der Waals surface area contributed by atoms with Crippen molar-refractivity contribution in [2.75, 3.05) is 0 Å². The van der Waals surface area contributed by atoms with Crippen LogP contribution >= 0.6 is 11.6 Å². The standard InChI is InChI=1S/C7H6ClNO5S.Na/c1-4-2-6(9(10)11)7(3-5(4)8)15(12,13)14;/h2-3H,1H3,(H,12,13,14);/q;+1/p-1. The summed E-state index contributed by atoms with van der Waals surface area (Å²) in [5.74, 6) is 0. The molecule has 0 aromatic heterocycles. The van der Waals surface area contributed by atoms with Crippen molar-refractivity contribution in [1.82, 2.24) is 0 Å². The molecule has 0 aliphatic rings. The molecule has 0 N–H and O–H groups in total. The van der Waals surface area contributed by atoms with Crippen LogP contribution in [-0.2, 0) is 10.1 Å². The maximum absolute atomic E-state index is 10.7. The molecule has 6 nitrogen and oxygen atoms in total. The molecule has 1 aromatic rings. The predicted octanol–water partition coefficient (Wildman–Crippen LogP) is -1.54. The third-order valence-corrected chi connectivity index (χ3v) is 2.98. The quantitative estimate of drug-likeness (QED) is 0.281. The molecule has 0 fully saturated rings. The summed E-state index contributed by atoms with van der Waals surface area (Å²) in [5, 5.41) is 10.5. The number of aryl methyl sites for hydroxylation is 1. The van der Waals surface area contributed by atoms with Gasteiger partial charge in [0.1, 0.15) is 15.0 Å². The predicted molar refractivity (Wildman–Crippen MR) is 50.8 cm³/mol. The van der Waals surface area contributed by atoms with Gasteiger partial charge >= 0.3 is 29.6 Å². The van der Waals surface area contributed by atoms with E-state index >= 15 is 0 Å². The molecule has 0 heterocycles. The van der Waals surface area contributed by atoms with Crippen molar-refractivity contribution in [1.29, 1.82) is 0 Å². The fourth-order valence-corrected chi connectivity index (χ4v) is 1.87. The summed E-state index contributed by atoms with van der Waals surface area (Å²) in [4.78, 5) is 8.64. The molecule has 0 unspecified atom stereocenters. The molecule has 0 saturated heterocycles. The van der Waals surface area contributed by atoms with Crippen LogP contribution in [0.3, 0.4) is 0 Å². The first kappa shape index (κ1) is 15.8. The minimum atomic E-state index is -4.89. The Labute approximate surface area is 119 Å². The Bertz CT molecular complexity index is 530. The van der Waals surface area contributed by atoms with Gasteiger partial charge in [-0.1, -0.05) is 11.6 Å². The van der Waals surface area contributed by atoms with Crippen LogP contribution in [0.15, 0.2) is 17.0 Å². The van der Waals surface area contributed by atoms with Crippen molar-refractivity contribution < 1.29 is 47.5 Å². The van der Waals surface area contributed by atoms with Gasteiger partial charge in [-0.15, -0.1) is 0 Å². The molecule has 16 heavy (non-hydrogen) atoms. The smallest absolute Gasteiger partial charge is 0.744 e. The van der Waals surface area contributed by atoms with Crippen molar-refractivity contribution >= 4 is 27.4 Å². The van der Waals surface area contributed by atoms with Crippen LogP contribution < -0.4 is 29.6 Å². The largest absolute Gasteiger partial charge is 1.00 e. The third-order valence-electron chi connectivity index (χ3n) is 1.71. The van der Waals surface area contributed by atoms with Gasteiger partial charge in [-0.3, -0.25) is 10.1 Å². The summed E-state index contributed by atoms with van der Waals surface area (Å²) in [5.41, 5.74) is -0.428. The maximum Gasteiger partial charge on any atom is 1.00 e. The first-order chi connectivity index (χ1) is 6.73. The van der Waals surface area contributed by atoms with Crippen LogP contribution in [0, 0.1) is 17.0 Å². The number of hydrogen-bond acceptors (Lipinski definition) is 5. The Morgan fingerprint density at radius 3 is 2.25 bits per heavy atom. The Balaban J connectivity index is 0.00000225. The molecule has 1 aromatic carbocycles. The van der Waals surface area contributed by atoms with Gasteiger partial charge in [0.25, 0.3) is 5.69 Å². The van der Waals surface area contributed by atoms with E-state index in [4.69, 9.17) is 11.6 Å². The Hall–Kier alpha value is -0.180. The molecular formula is C7H5ClNNaO5S. The summed E-state index contributed by atoms with van der Waals surface area (Å²) in [6, 6.07) is 1.74. The number of benzene rings is 1. The van der Waals surface area contributed by atoms with Crippen LogP contribution in [0.5, 0.6) is 0 Å². The Morgan fingerprint density at radius 1 is 1.38 bits per heavy atom. The van der Waals surface area contributed by atoms with Crippen LogP contribution in [-0.4, -0.2) is 17.9 Å². The number of nitrogens with zero attached hydrogens (tertiary/aromatic N) is 1. The van der Waals surface area contributed by atoms with E-state index in [9.17, 15) is 23.1 Å². The topological polar surface area (TPSA) is 100 Å². The summed E-state index contributed by atoms with van der Waals surface area (Å²) >= 11 is 5.57. The molecule has 0 saturated carbocycles. The first-order valence-corrected chi connectivity index (χ1v) is 5.42. The molecular weight excluding hydrogens is 269 g/mol. The molecule has 0 atom stereocenters. The minimum Gasteiger partial charge on any atom is -0.744 e. The van der Waals surface area contributed by atoms with E-state index in [-0.39, 0.29) is 34.6 Å². The van der Waals surface area contributed by atoms with E-state index in [1.165, 1.54) is 6.92 Å². The molecule has 82 valence electrons. The monoisotopic (exact) mass is 273 g/mol. The normalized spacial score (nSPS) is 10.7. The first-order valence-electron chi connectivity index (χ1n) is 3.64. The molecule has 0 radical (unpaired) electrons. The second-order valence-electron chi connectivity index (χ2n) is 2.78. The number of nitro benzene ring substituents is 1. The van der Waals surface area contributed by atoms with Gasteiger partial charge in [0, 0.05) is 11.1 Å². The number of nitro groups is 1. The average Bonchev–Trinajstić information content (AvgIpc) is 2.06. The molecule has 0 bridgehead atoms. The van der Waals surface area contributed by atoms with Crippen LogP contribution in [0.25, 0.3) is 0 Å². The zero-order valence-corrected chi connectivity index (χ0v) is 12.0. The summed E-state index contributed by atoms with van der Waals surface area (Å²) in [6.07, 6.45) is 0. The summed E-state index contributed by atoms with van der Waals surface area (Å²) in [6.45, 7) is 1.47. The molecule has 1 rings (SSSR count). The van der Waals surface area contributed by atoms with Crippen molar-refractivity contribution in [2.24, 2.45) is 0 Å². The van der Waals surface area contributed by atoms with Crippen LogP contribution in [0.2, 0.25) is 5.02 Å². The maximum atomic E-state index is 10.7. The minimum absolute atomic E-state index is 0. The van der Waals surface area contributed by atoms with Gasteiger partial charge in [0.05, 0.1) is 4.92 Å². The van der Waals surface area contributed by atoms with Gasteiger partial charge in [-0.25, -0.2) is 8.42 Å². The van der Waals surface area contributed by atoms with Gasteiger partial charge < -0.3 is 4.55 Å². The van der Waals surface area contributed by atoms with Crippen molar-refractivity contribution in [3.63, 3.8) is 0 Å². The molecule has 0 amide bonds. The molecule has 0 spiro atoms. The third kappa shape index (κ3) is 3.41. The van der Waals surface area contributed by atoms with E-state index in [1.54, 1.807) is 0 Å². The fraction of sp³-hybridized carbons (Fsp3) is 0.143. The van der Waals surface area contributed by atoms with Gasteiger partial charge in [-0.05, 0) is 18.6 Å². The summed E-state index contributed by atoms with van der Waals surface area (Å²) < 4.78 is 32.1. The van der Waals surface area contributed by atoms with Gasteiger partial charge in [0.2, 0.25) is 0 Å². The Kier molecular flexibility index (Phi) is 5.37. The van der Waals surface area contributed by atoms with Crippen molar-refractivity contribution in [2.45, 2.75) is 11.8 Å². The van der Waals surface area contributed by atoms with Crippen molar-refractivity contribution in [3.05, 3.63) is 32.8 Å². The Morgan fingerprint density at radius 2 is 1.88 bits per heavy atom.